The average Bonchev–Trinajstić information content (AvgIpc) is 2.39. The molecule has 3 N–H and O–H groups in total. The molecule has 1 fully saturated rings. The van der Waals surface area contributed by atoms with Crippen LogP contribution in [0.3, 0.4) is 0 Å². The van der Waals surface area contributed by atoms with Crippen molar-refractivity contribution in [1.82, 2.24) is 5.32 Å². The van der Waals surface area contributed by atoms with E-state index >= 15 is 0 Å². The van der Waals surface area contributed by atoms with Gasteiger partial charge < -0.3 is 20.7 Å². The van der Waals surface area contributed by atoms with Gasteiger partial charge in [0.15, 0.2) is 0 Å². The minimum absolute atomic E-state index is 0.0812. The molecule has 1 unspecified atom stereocenters. The van der Waals surface area contributed by atoms with E-state index in [-0.39, 0.29) is 17.9 Å². The normalized spacial score (nSPS) is 18.4. The van der Waals surface area contributed by atoms with E-state index in [0.29, 0.717) is 30.9 Å². The Balaban J connectivity index is 1.88. The van der Waals surface area contributed by atoms with E-state index in [0.717, 1.165) is 6.54 Å². The molecule has 1 heterocycles. The Hall–Kier alpha value is -1.92. The first-order chi connectivity index (χ1) is 9.63. The number of amides is 2. The van der Waals surface area contributed by atoms with Gasteiger partial charge in [0.1, 0.15) is 0 Å². The van der Waals surface area contributed by atoms with Gasteiger partial charge in [0.2, 0.25) is 11.8 Å². The lowest BCUT2D eigenvalue weighted by atomic mass is 10.2. The van der Waals surface area contributed by atoms with Gasteiger partial charge in [-0.2, -0.15) is 0 Å². The second kappa shape index (κ2) is 7.02. The highest BCUT2D eigenvalue weighted by Gasteiger charge is 2.17. The molecule has 1 atom stereocenters. The summed E-state index contributed by atoms with van der Waals surface area (Å²) < 4.78 is 5.48. The number of ether oxygens (including phenoxy) is 1. The number of carbonyl (C=O) groups excluding carboxylic acids is 2. The second-order valence-corrected chi connectivity index (χ2v) is 4.71. The molecule has 20 heavy (non-hydrogen) atoms. The molecule has 2 amide bonds. The maximum atomic E-state index is 11.9. The van der Waals surface area contributed by atoms with Gasteiger partial charge in [-0.3, -0.25) is 9.59 Å². The summed E-state index contributed by atoms with van der Waals surface area (Å²) in [5, 5.41) is 8.66. The molecule has 1 aliphatic heterocycles. The molecular formula is C14H19N3O3. The van der Waals surface area contributed by atoms with E-state index in [9.17, 15) is 9.59 Å². The molecule has 108 valence electrons. The first-order valence-corrected chi connectivity index (χ1v) is 6.63. The van der Waals surface area contributed by atoms with E-state index in [2.05, 4.69) is 16.0 Å². The first kappa shape index (κ1) is 14.5. The van der Waals surface area contributed by atoms with Gasteiger partial charge in [0.25, 0.3) is 0 Å². The second-order valence-electron chi connectivity index (χ2n) is 4.71. The summed E-state index contributed by atoms with van der Waals surface area (Å²) in [7, 11) is 0. The van der Waals surface area contributed by atoms with Gasteiger partial charge >= 0.3 is 0 Å². The number of anilines is 2. The Labute approximate surface area is 117 Å². The van der Waals surface area contributed by atoms with Crippen LogP contribution < -0.4 is 16.0 Å². The van der Waals surface area contributed by atoms with Gasteiger partial charge in [-0.25, -0.2) is 0 Å². The highest BCUT2D eigenvalue weighted by molar-refractivity contribution is 5.93. The van der Waals surface area contributed by atoms with Gasteiger partial charge in [-0.1, -0.05) is 6.07 Å². The van der Waals surface area contributed by atoms with Crippen LogP contribution in [-0.4, -0.2) is 37.6 Å². The molecular weight excluding hydrogens is 258 g/mol. The molecule has 6 nitrogen and oxygen atoms in total. The van der Waals surface area contributed by atoms with Crippen molar-refractivity contribution in [2.24, 2.45) is 0 Å². The van der Waals surface area contributed by atoms with Gasteiger partial charge in [-0.05, 0) is 18.2 Å². The lowest BCUT2D eigenvalue weighted by Gasteiger charge is -2.23. The van der Waals surface area contributed by atoms with Crippen molar-refractivity contribution in [2.75, 3.05) is 30.3 Å². The van der Waals surface area contributed by atoms with Gasteiger partial charge in [0, 0.05) is 31.4 Å². The number of hydrogen-bond acceptors (Lipinski definition) is 4. The maximum absolute atomic E-state index is 11.9. The third kappa shape index (κ3) is 4.64. The molecule has 0 aromatic heterocycles. The van der Waals surface area contributed by atoms with Crippen LogP contribution in [0.4, 0.5) is 11.4 Å². The van der Waals surface area contributed by atoms with Crippen molar-refractivity contribution in [3.63, 3.8) is 0 Å². The topological polar surface area (TPSA) is 79.5 Å². The van der Waals surface area contributed by atoms with E-state index in [1.807, 2.05) is 0 Å². The summed E-state index contributed by atoms with van der Waals surface area (Å²) in [5.74, 6) is -0.242. The van der Waals surface area contributed by atoms with Crippen LogP contribution in [0.15, 0.2) is 24.3 Å². The van der Waals surface area contributed by atoms with Crippen LogP contribution in [0.2, 0.25) is 0 Å². The minimum Gasteiger partial charge on any atom is -0.375 e. The smallest absolute Gasteiger partial charge is 0.227 e. The van der Waals surface area contributed by atoms with Crippen LogP contribution in [0.1, 0.15) is 13.3 Å². The summed E-state index contributed by atoms with van der Waals surface area (Å²) in [6.07, 6.45) is 0.236. The van der Waals surface area contributed by atoms with Crippen LogP contribution in [0.25, 0.3) is 0 Å². The van der Waals surface area contributed by atoms with Crippen LogP contribution in [-0.2, 0) is 14.3 Å². The molecule has 6 heteroatoms. The van der Waals surface area contributed by atoms with E-state index < -0.39 is 0 Å². The van der Waals surface area contributed by atoms with Gasteiger partial charge in [0.05, 0.1) is 19.1 Å². The number of rotatable bonds is 4. The van der Waals surface area contributed by atoms with Crippen molar-refractivity contribution in [2.45, 2.75) is 19.4 Å². The fourth-order valence-electron chi connectivity index (χ4n) is 2.05. The Morgan fingerprint density at radius 1 is 1.35 bits per heavy atom. The zero-order chi connectivity index (χ0) is 14.4. The maximum Gasteiger partial charge on any atom is 0.227 e. The highest BCUT2D eigenvalue weighted by Crippen LogP contribution is 2.15. The lowest BCUT2D eigenvalue weighted by Crippen LogP contribution is -2.40. The van der Waals surface area contributed by atoms with E-state index in [1.54, 1.807) is 24.3 Å². The van der Waals surface area contributed by atoms with E-state index in [4.69, 9.17) is 4.74 Å². The number of nitrogens with one attached hydrogen (secondary N) is 3. The molecule has 0 bridgehead atoms. The predicted molar refractivity (Wildman–Crippen MR) is 76.6 cm³/mol. The number of hydrogen-bond donors (Lipinski definition) is 3. The quantitative estimate of drug-likeness (QED) is 0.766. The molecule has 2 rings (SSSR count). The minimum atomic E-state index is -0.143. The van der Waals surface area contributed by atoms with E-state index in [1.165, 1.54) is 6.92 Å². The molecule has 0 radical (unpaired) electrons. The fraction of sp³-hybridized carbons (Fsp3) is 0.429. The fourth-order valence-corrected chi connectivity index (χ4v) is 2.05. The molecule has 0 spiro atoms. The molecule has 0 saturated carbocycles. The molecule has 1 aliphatic rings. The Morgan fingerprint density at radius 3 is 2.75 bits per heavy atom. The Morgan fingerprint density at radius 2 is 2.10 bits per heavy atom. The number of morpholine rings is 1. The third-order valence-corrected chi connectivity index (χ3v) is 2.88. The van der Waals surface area contributed by atoms with Crippen molar-refractivity contribution < 1.29 is 14.3 Å². The number of benzene rings is 1. The Bertz CT molecular complexity index is 484. The SMILES string of the molecule is CC(=O)Nc1cccc(NC(=O)CC2CNCCO2)c1. The summed E-state index contributed by atoms with van der Waals surface area (Å²) in [6.45, 7) is 3.60. The molecule has 1 aromatic carbocycles. The van der Waals surface area contributed by atoms with Crippen molar-refractivity contribution in [3.8, 4) is 0 Å². The first-order valence-electron chi connectivity index (χ1n) is 6.63. The van der Waals surface area contributed by atoms with Crippen LogP contribution in [0.5, 0.6) is 0 Å². The van der Waals surface area contributed by atoms with Gasteiger partial charge in [-0.15, -0.1) is 0 Å². The monoisotopic (exact) mass is 277 g/mol. The van der Waals surface area contributed by atoms with Crippen molar-refractivity contribution in [3.05, 3.63) is 24.3 Å². The molecule has 1 aromatic rings. The van der Waals surface area contributed by atoms with Crippen LogP contribution in [0, 0.1) is 0 Å². The zero-order valence-corrected chi connectivity index (χ0v) is 11.4. The third-order valence-electron chi connectivity index (χ3n) is 2.88. The summed E-state index contributed by atoms with van der Waals surface area (Å²) in [6, 6.07) is 7.05. The number of carbonyl (C=O) groups is 2. The summed E-state index contributed by atoms with van der Waals surface area (Å²) in [5.41, 5.74) is 1.32. The van der Waals surface area contributed by atoms with Crippen LogP contribution >= 0.6 is 0 Å². The average molecular weight is 277 g/mol. The lowest BCUT2D eigenvalue weighted by molar-refractivity contribution is -0.119. The largest absolute Gasteiger partial charge is 0.375 e. The van der Waals surface area contributed by atoms with Crippen molar-refractivity contribution >= 4 is 23.2 Å². The molecule has 0 aliphatic carbocycles. The summed E-state index contributed by atoms with van der Waals surface area (Å²) in [4.78, 5) is 22.9. The zero-order valence-electron chi connectivity index (χ0n) is 11.4. The highest BCUT2D eigenvalue weighted by atomic mass is 16.5. The van der Waals surface area contributed by atoms with Crippen molar-refractivity contribution in [1.29, 1.82) is 0 Å². The molecule has 1 saturated heterocycles. The predicted octanol–water partition coefficient (Wildman–Crippen LogP) is 0.962. The Kier molecular flexibility index (Phi) is 5.09. The summed E-state index contributed by atoms with van der Waals surface area (Å²) >= 11 is 0. The standard InChI is InChI=1S/C14H19N3O3/c1-10(18)16-11-3-2-4-12(7-11)17-14(19)8-13-9-15-5-6-20-13/h2-4,7,13,15H,5-6,8-9H2,1H3,(H,16,18)(H,17,19).